The number of oxime groups is 1. The fourth-order valence-electron chi connectivity index (χ4n) is 1.74. The third-order valence-corrected chi connectivity index (χ3v) is 2.54. The minimum absolute atomic E-state index is 0.00307. The molecule has 0 saturated carbocycles. The molecule has 0 spiro atoms. The van der Waals surface area contributed by atoms with E-state index in [0.717, 1.165) is 0 Å². The molecule has 0 aliphatic heterocycles. The largest absolute Gasteiger partial charge is 0.409 e. The quantitative estimate of drug-likeness (QED) is 0.285. The van der Waals surface area contributed by atoms with Gasteiger partial charge in [-0.1, -0.05) is 5.16 Å². The Morgan fingerprint density at radius 2 is 2.28 bits per heavy atom. The number of hydrogen-bond donors (Lipinski definition) is 2. The minimum Gasteiger partial charge on any atom is -0.409 e. The zero-order chi connectivity index (χ0) is 12.5. The highest BCUT2D eigenvalue weighted by Gasteiger charge is 2.12. The van der Waals surface area contributed by atoms with Gasteiger partial charge in [-0.05, 0) is 12.1 Å². The van der Waals surface area contributed by atoms with Crippen LogP contribution in [-0.2, 0) is 0 Å². The predicted octanol–water partition coefficient (Wildman–Crippen LogP) is 0.00950. The number of nitrogens with two attached hydrogens (primary N) is 1. The van der Waals surface area contributed by atoms with E-state index in [2.05, 4.69) is 20.3 Å². The molecule has 3 rings (SSSR count). The molecule has 18 heavy (non-hydrogen) atoms. The van der Waals surface area contributed by atoms with Gasteiger partial charge in [0.15, 0.2) is 11.7 Å². The SMILES string of the molecule is N/C(=N/O)c1cccn1-c1nccn2cnnc12. The Labute approximate surface area is 101 Å². The maximum atomic E-state index is 8.75. The molecule has 8 nitrogen and oxygen atoms in total. The first-order chi connectivity index (χ1) is 8.81. The molecule has 0 atom stereocenters. The molecule has 3 heterocycles. The summed E-state index contributed by atoms with van der Waals surface area (Å²) in [7, 11) is 0. The van der Waals surface area contributed by atoms with Gasteiger partial charge in [-0.3, -0.25) is 8.97 Å². The second-order valence-corrected chi connectivity index (χ2v) is 3.56. The lowest BCUT2D eigenvalue weighted by atomic mass is 10.4. The van der Waals surface area contributed by atoms with Crippen LogP contribution in [0.2, 0.25) is 0 Å². The highest BCUT2D eigenvalue weighted by Crippen LogP contribution is 2.14. The maximum absolute atomic E-state index is 8.75. The third kappa shape index (κ3) is 1.39. The molecule has 90 valence electrons. The van der Waals surface area contributed by atoms with E-state index in [1.807, 2.05) is 0 Å². The molecule has 0 unspecified atom stereocenters. The Hall–Kier alpha value is -2.90. The molecule has 0 saturated heterocycles. The number of hydrogen-bond acceptors (Lipinski definition) is 5. The van der Waals surface area contributed by atoms with E-state index in [1.54, 1.807) is 46.0 Å². The molecule has 0 aliphatic rings. The zero-order valence-corrected chi connectivity index (χ0v) is 9.17. The first kappa shape index (κ1) is 10.3. The number of nitrogens with zero attached hydrogens (tertiary/aromatic N) is 6. The number of rotatable bonds is 2. The van der Waals surface area contributed by atoms with Crippen molar-refractivity contribution >= 4 is 11.5 Å². The lowest BCUT2D eigenvalue weighted by molar-refractivity contribution is 0.318. The Morgan fingerprint density at radius 1 is 1.39 bits per heavy atom. The van der Waals surface area contributed by atoms with Crippen molar-refractivity contribution in [3.63, 3.8) is 0 Å². The Kier molecular flexibility index (Phi) is 2.19. The van der Waals surface area contributed by atoms with E-state index in [1.165, 1.54) is 0 Å². The highest BCUT2D eigenvalue weighted by molar-refractivity contribution is 5.96. The lowest BCUT2D eigenvalue weighted by Gasteiger charge is -2.07. The molecule has 3 aromatic rings. The summed E-state index contributed by atoms with van der Waals surface area (Å²) >= 11 is 0. The molecule has 0 aliphatic carbocycles. The normalized spacial score (nSPS) is 12.1. The summed E-state index contributed by atoms with van der Waals surface area (Å²) in [5.41, 5.74) is 6.72. The Bertz CT molecular complexity index is 726. The van der Waals surface area contributed by atoms with Crippen molar-refractivity contribution < 1.29 is 5.21 Å². The van der Waals surface area contributed by atoms with Crippen LogP contribution in [0.15, 0.2) is 42.2 Å². The summed E-state index contributed by atoms with van der Waals surface area (Å²) in [6.07, 6.45) is 6.70. The smallest absolute Gasteiger partial charge is 0.204 e. The van der Waals surface area contributed by atoms with Crippen LogP contribution in [0.4, 0.5) is 0 Å². The number of aromatic nitrogens is 5. The van der Waals surface area contributed by atoms with Gasteiger partial charge in [0.25, 0.3) is 0 Å². The van der Waals surface area contributed by atoms with Crippen LogP contribution >= 0.6 is 0 Å². The standard InChI is InChI=1S/C10H9N7O/c11-8(15-18)7-2-1-4-17(7)9-10-14-13-6-16(10)5-3-12-9/h1-6,18H,(H2,11,15). The van der Waals surface area contributed by atoms with Crippen LogP contribution in [0.3, 0.4) is 0 Å². The van der Waals surface area contributed by atoms with Gasteiger partial charge in [-0.15, -0.1) is 10.2 Å². The molecule has 0 fully saturated rings. The van der Waals surface area contributed by atoms with E-state index in [4.69, 9.17) is 10.9 Å². The molecule has 8 heteroatoms. The molecule has 0 amide bonds. The van der Waals surface area contributed by atoms with Crippen LogP contribution in [0.25, 0.3) is 11.5 Å². The van der Waals surface area contributed by atoms with Gasteiger partial charge < -0.3 is 10.9 Å². The van der Waals surface area contributed by atoms with Crippen molar-refractivity contribution in [3.8, 4) is 5.82 Å². The van der Waals surface area contributed by atoms with Crippen molar-refractivity contribution in [2.24, 2.45) is 10.9 Å². The van der Waals surface area contributed by atoms with E-state index < -0.39 is 0 Å². The number of fused-ring (bicyclic) bond motifs is 1. The topological polar surface area (TPSA) is 107 Å². The predicted molar refractivity (Wildman–Crippen MR) is 62.6 cm³/mol. The second kappa shape index (κ2) is 3.84. The molecule has 0 radical (unpaired) electrons. The average Bonchev–Trinajstić information content (AvgIpc) is 3.05. The molecular weight excluding hydrogens is 234 g/mol. The molecule has 0 bridgehead atoms. The Balaban J connectivity index is 2.27. The minimum atomic E-state index is 0.00307. The zero-order valence-electron chi connectivity index (χ0n) is 9.17. The first-order valence-electron chi connectivity index (χ1n) is 5.11. The summed E-state index contributed by atoms with van der Waals surface area (Å²) in [6, 6.07) is 3.49. The summed E-state index contributed by atoms with van der Waals surface area (Å²) in [5.74, 6) is 0.560. The van der Waals surface area contributed by atoms with Gasteiger partial charge >= 0.3 is 0 Å². The second-order valence-electron chi connectivity index (χ2n) is 3.56. The van der Waals surface area contributed by atoms with Gasteiger partial charge in [0, 0.05) is 18.6 Å². The fourth-order valence-corrected chi connectivity index (χ4v) is 1.74. The molecular formula is C10H9N7O. The van der Waals surface area contributed by atoms with Crippen molar-refractivity contribution in [2.45, 2.75) is 0 Å². The number of amidine groups is 1. The summed E-state index contributed by atoms with van der Waals surface area (Å²) in [4.78, 5) is 4.25. The van der Waals surface area contributed by atoms with Crippen molar-refractivity contribution in [2.75, 3.05) is 0 Å². The van der Waals surface area contributed by atoms with Crippen LogP contribution in [-0.4, -0.2) is 35.2 Å². The van der Waals surface area contributed by atoms with Gasteiger partial charge in [-0.25, -0.2) is 4.98 Å². The monoisotopic (exact) mass is 243 g/mol. The summed E-state index contributed by atoms with van der Waals surface area (Å²) in [6.45, 7) is 0. The Morgan fingerprint density at radius 3 is 3.11 bits per heavy atom. The van der Waals surface area contributed by atoms with E-state index in [-0.39, 0.29) is 5.84 Å². The van der Waals surface area contributed by atoms with E-state index >= 15 is 0 Å². The van der Waals surface area contributed by atoms with Crippen LogP contribution in [0.1, 0.15) is 5.69 Å². The van der Waals surface area contributed by atoms with Crippen LogP contribution < -0.4 is 5.73 Å². The molecule has 3 aromatic heterocycles. The van der Waals surface area contributed by atoms with Gasteiger partial charge in [0.05, 0.1) is 5.69 Å². The maximum Gasteiger partial charge on any atom is 0.204 e. The van der Waals surface area contributed by atoms with Crippen molar-refractivity contribution in [3.05, 3.63) is 42.7 Å². The first-order valence-corrected chi connectivity index (χ1v) is 5.11. The van der Waals surface area contributed by atoms with Crippen LogP contribution in [0.5, 0.6) is 0 Å². The van der Waals surface area contributed by atoms with Crippen molar-refractivity contribution in [1.29, 1.82) is 0 Å². The highest BCUT2D eigenvalue weighted by atomic mass is 16.4. The van der Waals surface area contributed by atoms with Gasteiger partial charge in [-0.2, -0.15) is 0 Å². The van der Waals surface area contributed by atoms with Gasteiger partial charge in [0.1, 0.15) is 6.33 Å². The van der Waals surface area contributed by atoms with Crippen molar-refractivity contribution in [1.82, 2.24) is 24.1 Å². The van der Waals surface area contributed by atoms with Gasteiger partial charge in [0.2, 0.25) is 5.65 Å². The summed E-state index contributed by atoms with van der Waals surface area (Å²) < 4.78 is 3.41. The van der Waals surface area contributed by atoms with Crippen LogP contribution in [0, 0.1) is 0 Å². The van der Waals surface area contributed by atoms with E-state index in [9.17, 15) is 0 Å². The lowest BCUT2D eigenvalue weighted by Crippen LogP contribution is -2.18. The molecule has 3 N–H and O–H groups in total. The average molecular weight is 243 g/mol. The molecule has 0 aromatic carbocycles. The summed E-state index contributed by atoms with van der Waals surface area (Å²) in [5, 5.41) is 19.5. The third-order valence-electron chi connectivity index (χ3n) is 2.54. The van der Waals surface area contributed by atoms with E-state index in [0.29, 0.717) is 17.2 Å². The fraction of sp³-hybridized carbons (Fsp3) is 0.